The number of hydrogen-bond acceptors (Lipinski definition) is 6. The van der Waals surface area contributed by atoms with Crippen LogP contribution in [0.4, 0.5) is 23.7 Å². The van der Waals surface area contributed by atoms with E-state index < -0.39 is 17.8 Å². The molecule has 186 valence electrons. The minimum Gasteiger partial charge on any atom is -0.379 e. The van der Waals surface area contributed by atoms with Crippen molar-refractivity contribution in [2.24, 2.45) is 0 Å². The number of carbonyl (C=O) groups is 1. The van der Waals surface area contributed by atoms with Crippen LogP contribution >= 0.6 is 11.3 Å². The van der Waals surface area contributed by atoms with Crippen molar-refractivity contribution in [1.29, 1.82) is 0 Å². The van der Waals surface area contributed by atoms with E-state index in [9.17, 15) is 22.8 Å². The van der Waals surface area contributed by atoms with E-state index in [-0.39, 0.29) is 17.8 Å². The Morgan fingerprint density at radius 2 is 1.91 bits per heavy atom. The second kappa shape index (κ2) is 9.59. The number of para-hydroxylation sites is 1. The molecule has 12 heteroatoms. The number of amides is 2. The van der Waals surface area contributed by atoms with Gasteiger partial charge >= 0.3 is 12.2 Å². The highest BCUT2D eigenvalue weighted by atomic mass is 32.1. The van der Waals surface area contributed by atoms with Crippen molar-refractivity contribution >= 4 is 33.3 Å². The van der Waals surface area contributed by atoms with Gasteiger partial charge in [0, 0.05) is 37.6 Å². The molecule has 2 amide bonds. The molecule has 0 atom stereocenters. The maximum Gasteiger partial charge on any atom is 0.418 e. The van der Waals surface area contributed by atoms with Crippen molar-refractivity contribution in [2.45, 2.75) is 25.7 Å². The van der Waals surface area contributed by atoms with Crippen LogP contribution in [0.15, 0.2) is 35.4 Å². The highest BCUT2D eigenvalue weighted by molar-refractivity contribution is 7.18. The van der Waals surface area contributed by atoms with Crippen LogP contribution in [0.3, 0.4) is 0 Å². The van der Waals surface area contributed by atoms with Crippen LogP contribution in [0.5, 0.6) is 0 Å². The molecule has 5 rings (SSSR count). The number of carbonyl (C=O) groups excluding carboxylic acids is 1. The fourth-order valence-electron chi connectivity index (χ4n) is 4.46. The van der Waals surface area contributed by atoms with Gasteiger partial charge in [0.2, 0.25) is 0 Å². The number of nitrogens with one attached hydrogen (secondary N) is 1. The first kappa shape index (κ1) is 23.8. The zero-order chi connectivity index (χ0) is 24.6. The third kappa shape index (κ3) is 4.91. The number of alkyl halides is 3. The highest BCUT2D eigenvalue weighted by Crippen LogP contribution is 2.36. The van der Waals surface area contributed by atoms with E-state index in [1.54, 1.807) is 10.9 Å². The van der Waals surface area contributed by atoms with Crippen LogP contribution in [0, 0.1) is 0 Å². The van der Waals surface area contributed by atoms with E-state index in [0.29, 0.717) is 42.9 Å². The first-order chi connectivity index (χ1) is 16.8. The lowest BCUT2D eigenvalue weighted by atomic mass is 10.1. The molecule has 1 saturated heterocycles. The SMILES string of the molecule is O=C(Nc1ccccc1C(F)(F)F)N1CCc2c(sc3ncn(CCN4CCOCC4)c(=O)c23)C1. The van der Waals surface area contributed by atoms with Crippen molar-refractivity contribution < 1.29 is 22.7 Å². The van der Waals surface area contributed by atoms with Gasteiger partial charge in [-0.2, -0.15) is 13.2 Å². The zero-order valence-corrected chi connectivity index (χ0v) is 19.6. The summed E-state index contributed by atoms with van der Waals surface area (Å²) in [5, 5.41) is 2.98. The number of hydrogen-bond donors (Lipinski definition) is 1. The standard InChI is InChI=1S/C23H24F3N5O3S/c24-23(25,26)16-3-1-2-4-17(16)28-22(33)30-6-5-15-18(13-30)35-20-19(15)21(32)31(14-27-20)8-7-29-9-11-34-12-10-29/h1-4,14H,5-13H2,(H,28,33). The number of thiophene rings is 1. The number of morpholine rings is 1. The quantitative estimate of drug-likeness (QED) is 0.586. The topological polar surface area (TPSA) is 79.7 Å². The minimum atomic E-state index is -4.57. The van der Waals surface area contributed by atoms with Crippen LogP contribution < -0.4 is 10.9 Å². The predicted octanol–water partition coefficient (Wildman–Crippen LogP) is 3.40. The molecule has 0 saturated carbocycles. The summed E-state index contributed by atoms with van der Waals surface area (Å²) in [6.07, 6.45) is -2.57. The number of aromatic nitrogens is 2. The molecule has 0 radical (unpaired) electrons. The molecule has 1 aromatic carbocycles. The maximum absolute atomic E-state index is 13.3. The monoisotopic (exact) mass is 507 g/mol. The average molecular weight is 508 g/mol. The van der Waals surface area contributed by atoms with E-state index in [2.05, 4.69) is 15.2 Å². The van der Waals surface area contributed by atoms with Gasteiger partial charge in [-0.05, 0) is 24.1 Å². The molecule has 2 aliphatic rings. The number of urea groups is 1. The Kier molecular flexibility index (Phi) is 6.51. The van der Waals surface area contributed by atoms with Crippen molar-refractivity contribution in [3.05, 3.63) is 57.0 Å². The predicted molar refractivity (Wildman–Crippen MR) is 126 cm³/mol. The van der Waals surface area contributed by atoms with Crippen molar-refractivity contribution in [1.82, 2.24) is 19.4 Å². The Hall–Kier alpha value is -2.96. The van der Waals surface area contributed by atoms with Gasteiger partial charge in [0.25, 0.3) is 5.56 Å². The molecule has 1 fully saturated rings. The first-order valence-electron chi connectivity index (χ1n) is 11.3. The number of rotatable bonds is 4. The third-order valence-electron chi connectivity index (χ3n) is 6.35. The van der Waals surface area contributed by atoms with Crippen LogP contribution in [0.2, 0.25) is 0 Å². The van der Waals surface area contributed by atoms with Crippen molar-refractivity contribution in [2.75, 3.05) is 44.7 Å². The van der Waals surface area contributed by atoms with Gasteiger partial charge in [-0.1, -0.05) is 12.1 Å². The van der Waals surface area contributed by atoms with E-state index in [1.807, 2.05) is 0 Å². The molecule has 1 N–H and O–H groups in total. The first-order valence-corrected chi connectivity index (χ1v) is 12.1. The molecule has 35 heavy (non-hydrogen) atoms. The summed E-state index contributed by atoms with van der Waals surface area (Å²) >= 11 is 1.35. The summed E-state index contributed by atoms with van der Waals surface area (Å²) in [4.78, 5) is 35.6. The van der Waals surface area contributed by atoms with E-state index in [1.165, 1.54) is 34.4 Å². The average Bonchev–Trinajstić information content (AvgIpc) is 3.22. The second-order valence-electron chi connectivity index (χ2n) is 8.53. The lowest BCUT2D eigenvalue weighted by molar-refractivity contribution is -0.136. The molecule has 2 aromatic heterocycles. The Bertz CT molecular complexity index is 1300. The number of halogens is 3. The maximum atomic E-state index is 13.3. The molecule has 0 unspecified atom stereocenters. The van der Waals surface area contributed by atoms with Gasteiger partial charge in [-0.3, -0.25) is 14.3 Å². The van der Waals surface area contributed by atoms with Gasteiger partial charge in [0.15, 0.2) is 0 Å². The highest BCUT2D eigenvalue weighted by Gasteiger charge is 2.34. The van der Waals surface area contributed by atoms with E-state index >= 15 is 0 Å². The number of benzene rings is 1. The van der Waals surface area contributed by atoms with Gasteiger partial charge in [0.1, 0.15) is 4.83 Å². The summed E-state index contributed by atoms with van der Waals surface area (Å²) < 4.78 is 46.8. The molecule has 0 bridgehead atoms. The summed E-state index contributed by atoms with van der Waals surface area (Å²) in [5.41, 5.74) is -0.396. The van der Waals surface area contributed by atoms with Gasteiger partial charge in [0.05, 0.1) is 42.7 Å². The molecular formula is C23H24F3N5O3S. The number of anilines is 1. The number of ether oxygens (including phenoxy) is 1. The Balaban J connectivity index is 1.32. The molecule has 0 spiro atoms. The Morgan fingerprint density at radius 3 is 2.69 bits per heavy atom. The summed E-state index contributed by atoms with van der Waals surface area (Å²) in [6, 6.07) is 4.29. The lowest BCUT2D eigenvalue weighted by Gasteiger charge is -2.27. The van der Waals surface area contributed by atoms with Crippen LogP contribution in [0.25, 0.3) is 10.2 Å². The van der Waals surface area contributed by atoms with Crippen LogP contribution in [0.1, 0.15) is 16.0 Å². The Labute approximate surface area is 202 Å². The Morgan fingerprint density at radius 1 is 1.14 bits per heavy atom. The lowest BCUT2D eigenvalue weighted by Crippen LogP contribution is -2.39. The molecule has 0 aliphatic carbocycles. The third-order valence-corrected chi connectivity index (χ3v) is 7.47. The fourth-order valence-corrected chi connectivity index (χ4v) is 5.65. The molecule has 2 aliphatic heterocycles. The number of fused-ring (bicyclic) bond motifs is 3. The zero-order valence-electron chi connectivity index (χ0n) is 18.8. The molecular weight excluding hydrogens is 483 g/mol. The molecule has 8 nitrogen and oxygen atoms in total. The van der Waals surface area contributed by atoms with Gasteiger partial charge in [-0.25, -0.2) is 9.78 Å². The molecule has 3 aromatic rings. The normalized spacial score (nSPS) is 16.9. The molecule has 4 heterocycles. The smallest absolute Gasteiger partial charge is 0.379 e. The second-order valence-corrected chi connectivity index (χ2v) is 9.61. The summed E-state index contributed by atoms with van der Waals surface area (Å²) in [6.45, 7) is 4.82. The summed E-state index contributed by atoms with van der Waals surface area (Å²) in [7, 11) is 0. The summed E-state index contributed by atoms with van der Waals surface area (Å²) in [5.74, 6) is 0. The number of nitrogens with zero attached hydrogens (tertiary/aromatic N) is 4. The van der Waals surface area contributed by atoms with E-state index in [0.717, 1.165) is 36.1 Å². The van der Waals surface area contributed by atoms with Gasteiger partial charge in [-0.15, -0.1) is 11.3 Å². The fraction of sp³-hybridized carbons (Fsp3) is 0.435. The minimum absolute atomic E-state index is 0.0993. The van der Waals surface area contributed by atoms with Gasteiger partial charge < -0.3 is 15.0 Å². The van der Waals surface area contributed by atoms with Crippen molar-refractivity contribution in [3.63, 3.8) is 0 Å². The van der Waals surface area contributed by atoms with Crippen LogP contribution in [-0.4, -0.2) is 64.8 Å². The van der Waals surface area contributed by atoms with E-state index in [4.69, 9.17) is 4.74 Å². The van der Waals surface area contributed by atoms with Crippen molar-refractivity contribution in [3.8, 4) is 0 Å². The van der Waals surface area contributed by atoms with Crippen LogP contribution in [-0.2, 0) is 30.4 Å². The largest absolute Gasteiger partial charge is 0.418 e.